The van der Waals surface area contributed by atoms with Crippen LogP contribution in [0, 0.1) is 0 Å². The Bertz CT molecular complexity index is 575. The Labute approximate surface area is 128 Å². The van der Waals surface area contributed by atoms with Crippen molar-refractivity contribution in [1.29, 1.82) is 0 Å². The molecule has 1 fully saturated rings. The SMILES string of the molecule is O=C1NC2(CCCCCC2)N=C1c1ccc(Cl)cc1Cl. The van der Waals surface area contributed by atoms with Gasteiger partial charge in [-0.25, -0.2) is 0 Å². The first-order chi connectivity index (χ1) is 9.60. The second kappa shape index (κ2) is 5.38. The van der Waals surface area contributed by atoms with Crippen molar-refractivity contribution in [2.24, 2.45) is 4.99 Å². The first-order valence-electron chi connectivity index (χ1n) is 6.97. The molecule has 1 aliphatic heterocycles. The normalized spacial score (nSPS) is 21.5. The van der Waals surface area contributed by atoms with Crippen molar-refractivity contribution in [3.05, 3.63) is 33.8 Å². The van der Waals surface area contributed by atoms with Crippen LogP contribution in [-0.2, 0) is 4.79 Å². The van der Waals surface area contributed by atoms with Crippen molar-refractivity contribution >= 4 is 34.8 Å². The second-order valence-corrected chi connectivity index (χ2v) is 6.33. The van der Waals surface area contributed by atoms with Crippen LogP contribution in [0.4, 0.5) is 0 Å². The zero-order valence-corrected chi connectivity index (χ0v) is 12.6. The summed E-state index contributed by atoms with van der Waals surface area (Å²) in [6.07, 6.45) is 6.45. The molecule has 1 N–H and O–H groups in total. The Kier molecular flexibility index (Phi) is 3.74. The van der Waals surface area contributed by atoms with Crippen LogP contribution in [0.15, 0.2) is 23.2 Å². The van der Waals surface area contributed by atoms with E-state index in [1.54, 1.807) is 18.2 Å². The summed E-state index contributed by atoms with van der Waals surface area (Å²) in [5.74, 6) is -0.129. The van der Waals surface area contributed by atoms with Crippen LogP contribution in [0.25, 0.3) is 0 Å². The van der Waals surface area contributed by atoms with Gasteiger partial charge in [0.25, 0.3) is 5.91 Å². The Hall–Kier alpha value is -1.06. The van der Waals surface area contributed by atoms with Gasteiger partial charge in [0.05, 0.1) is 5.02 Å². The standard InChI is InChI=1S/C15H16Cl2N2O/c16-10-5-6-11(12(17)9-10)13-14(20)19-15(18-13)7-3-1-2-4-8-15/h5-6,9H,1-4,7-8H2,(H,19,20). The summed E-state index contributed by atoms with van der Waals surface area (Å²) < 4.78 is 0. The minimum Gasteiger partial charge on any atom is -0.326 e. The second-order valence-electron chi connectivity index (χ2n) is 5.48. The smallest absolute Gasteiger partial charge is 0.272 e. The molecule has 1 saturated carbocycles. The molecule has 0 radical (unpaired) electrons. The quantitative estimate of drug-likeness (QED) is 0.838. The number of rotatable bonds is 1. The van der Waals surface area contributed by atoms with E-state index in [1.807, 2.05) is 0 Å². The summed E-state index contributed by atoms with van der Waals surface area (Å²) >= 11 is 12.1. The molecule has 1 heterocycles. The fraction of sp³-hybridized carbons (Fsp3) is 0.467. The molecule has 1 aromatic carbocycles. The largest absolute Gasteiger partial charge is 0.326 e. The monoisotopic (exact) mass is 310 g/mol. The highest BCUT2D eigenvalue weighted by molar-refractivity contribution is 6.50. The van der Waals surface area contributed by atoms with Crippen molar-refractivity contribution in [2.45, 2.75) is 44.2 Å². The van der Waals surface area contributed by atoms with Gasteiger partial charge in [0, 0.05) is 10.6 Å². The summed E-state index contributed by atoms with van der Waals surface area (Å²) in [6.45, 7) is 0. The van der Waals surface area contributed by atoms with Gasteiger partial charge in [-0.2, -0.15) is 0 Å². The van der Waals surface area contributed by atoms with Crippen LogP contribution >= 0.6 is 23.2 Å². The van der Waals surface area contributed by atoms with Gasteiger partial charge < -0.3 is 5.32 Å². The van der Waals surface area contributed by atoms with E-state index in [-0.39, 0.29) is 5.91 Å². The molecule has 0 atom stereocenters. The number of halogens is 2. The van der Waals surface area contributed by atoms with Crippen molar-refractivity contribution < 1.29 is 4.79 Å². The lowest BCUT2D eigenvalue weighted by Crippen LogP contribution is -2.42. The Morgan fingerprint density at radius 2 is 1.80 bits per heavy atom. The van der Waals surface area contributed by atoms with Crippen molar-refractivity contribution in [2.75, 3.05) is 0 Å². The van der Waals surface area contributed by atoms with Crippen molar-refractivity contribution in [1.82, 2.24) is 5.32 Å². The summed E-state index contributed by atoms with van der Waals surface area (Å²) in [4.78, 5) is 17.0. The Balaban J connectivity index is 1.98. The Morgan fingerprint density at radius 3 is 2.45 bits per heavy atom. The molecule has 0 bridgehead atoms. The first kappa shape index (κ1) is 13.9. The third kappa shape index (κ3) is 2.57. The number of aliphatic imine (C=N–C) groups is 1. The van der Waals surface area contributed by atoms with E-state index in [4.69, 9.17) is 28.2 Å². The lowest BCUT2D eigenvalue weighted by molar-refractivity contribution is -0.115. The lowest BCUT2D eigenvalue weighted by atomic mass is 10.0. The number of benzene rings is 1. The molecule has 0 unspecified atom stereocenters. The molecule has 106 valence electrons. The molecule has 3 rings (SSSR count). The van der Waals surface area contributed by atoms with E-state index in [1.165, 1.54) is 12.8 Å². The van der Waals surface area contributed by atoms with Gasteiger partial charge in [-0.3, -0.25) is 9.79 Å². The van der Waals surface area contributed by atoms with E-state index in [0.717, 1.165) is 25.7 Å². The predicted octanol–water partition coefficient (Wildman–Crippen LogP) is 3.96. The lowest BCUT2D eigenvalue weighted by Gasteiger charge is -2.24. The third-order valence-electron chi connectivity index (χ3n) is 4.00. The highest BCUT2D eigenvalue weighted by atomic mass is 35.5. The van der Waals surface area contributed by atoms with Crippen LogP contribution < -0.4 is 5.32 Å². The number of carbonyl (C=O) groups is 1. The maximum atomic E-state index is 12.3. The van der Waals surface area contributed by atoms with Crippen LogP contribution in [0.5, 0.6) is 0 Å². The van der Waals surface area contributed by atoms with Gasteiger partial charge in [-0.15, -0.1) is 0 Å². The molecule has 1 amide bonds. The molecule has 5 heteroatoms. The molecule has 2 aliphatic rings. The van der Waals surface area contributed by atoms with E-state index in [0.29, 0.717) is 21.3 Å². The minimum absolute atomic E-state index is 0.129. The minimum atomic E-state index is -0.411. The summed E-state index contributed by atoms with van der Waals surface area (Å²) in [5, 5.41) is 4.09. The third-order valence-corrected chi connectivity index (χ3v) is 4.55. The molecule has 0 saturated heterocycles. The fourth-order valence-electron chi connectivity index (χ4n) is 2.98. The van der Waals surface area contributed by atoms with Gasteiger partial charge >= 0.3 is 0 Å². The van der Waals surface area contributed by atoms with Crippen LogP contribution in [0.1, 0.15) is 44.1 Å². The van der Waals surface area contributed by atoms with Gasteiger partial charge in [0.15, 0.2) is 0 Å². The zero-order valence-electron chi connectivity index (χ0n) is 11.1. The van der Waals surface area contributed by atoms with E-state index >= 15 is 0 Å². The molecule has 0 aromatic heterocycles. The maximum Gasteiger partial charge on any atom is 0.272 e. The molecular weight excluding hydrogens is 295 g/mol. The predicted molar refractivity (Wildman–Crippen MR) is 81.6 cm³/mol. The highest BCUT2D eigenvalue weighted by Crippen LogP contribution is 2.33. The highest BCUT2D eigenvalue weighted by Gasteiger charge is 2.40. The van der Waals surface area contributed by atoms with E-state index in [2.05, 4.69) is 5.32 Å². The van der Waals surface area contributed by atoms with Gasteiger partial charge in [0.1, 0.15) is 11.4 Å². The average molecular weight is 311 g/mol. The number of hydrogen-bond acceptors (Lipinski definition) is 2. The topological polar surface area (TPSA) is 41.5 Å². The number of carbonyl (C=O) groups excluding carboxylic acids is 1. The number of amides is 1. The van der Waals surface area contributed by atoms with Gasteiger partial charge in [-0.1, -0.05) is 36.0 Å². The van der Waals surface area contributed by atoms with Crippen LogP contribution in [0.2, 0.25) is 10.0 Å². The van der Waals surface area contributed by atoms with Gasteiger partial charge in [0.2, 0.25) is 0 Å². The van der Waals surface area contributed by atoms with E-state index < -0.39 is 5.66 Å². The number of hydrogen-bond donors (Lipinski definition) is 1. The summed E-state index contributed by atoms with van der Waals surface area (Å²) in [5.41, 5.74) is 0.689. The summed E-state index contributed by atoms with van der Waals surface area (Å²) in [6, 6.07) is 5.14. The average Bonchev–Trinajstić information content (AvgIpc) is 2.58. The van der Waals surface area contributed by atoms with Crippen LogP contribution in [0.3, 0.4) is 0 Å². The molecule has 1 aliphatic carbocycles. The molecule has 1 spiro atoms. The first-order valence-corrected chi connectivity index (χ1v) is 7.73. The number of nitrogens with zero attached hydrogens (tertiary/aromatic N) is 1. The zero-order chi connectivity index (χ0) is 14.2. The molecule has 20 heavy (non-hydrogen) atoms. The maximum absolute atomic E-state index is 12.3. The molecular formula is C15H16Cl2N2O. The molecule has 1 aromatic rings. The summed E-state index contributed by atoms with van der Waals surface area (Å²) in [7, 11) is 0. The van der Waals surface area contributed by atoms with E-state index in [9.17, 15) is 4.79 Å². The fourth-order valence-corrected chi connectivity index (χ4v) is 3.48. The van der Waals surface area contributed by atoms with Gasteiger partial charge in [-0.05, 0) is 43.9 Å². The molecule has 3 nitrogen and oxygen atoms in total. The van der Waals surface area contributed by atoms with Crippen molar-refractivity contribution in [3.63, 3.8) is 0 Å². The van der Waals surface area contributed by atoms with Crippen LogP contribution in [-0.4, -0.2) is 17.3 Å². The number of nitrogens with one attached hydrogen (secondary N) is 1. The van der Waals surface area contributed by atoms with Crippen molar-refractivity contribution in [3.8, 4) is 0 Å². The Morgan fingerprint density at radius 1 is 1.10 bits per heavy atom.